The third kappa shape index (κ3) is 1.96. The number of hydrogen-bond acceptors (Lipinski definition) is 1. The second kappa shape index (κ2) is 3.14. The first kappa shape index (κ1) is 9.05. The van der Waals surface area contributed by atoms with Gasteiger partial charge in [0.2, 0.25) is 0 Å². The molecule has 0 aliphatic heterocycles. The van der Waals surface area contributed by atoms with Gasteiger partial charge in [0.25, 0.3) is 0 Å². The molecule has 1 heteroatoms. The Hall–Kier alpha value is -0.0400. The van der Waals surface area contributed by atoms with Crippen LogP contribution in [0.2, 0.25) is 0 Å². The first-order valence-corrected chi connectivity index (χ1v) is 4.67. The first-order chi connectivity index (χ1) is 5.06. The van der Waals surface area contributed by atoms with Gasteiger partial charge < -0.3 is 5.11 Å². The molecule has 0 unspecified atom stereocenters. The Morgan fingerprint density at radius 2 is 2.00 bits per heavy atom. The van der Waals surface area contributed by atoms with Crippen LogP contribution in [0.3, 0.4) is 0 Å². The molecule has 1 fully saturated rings. The second-order valence-electron chi connectivity index (χ2n) is 4.72. The Morgan fingerprint density at radius 1 is 1.36 bits per heavy atom. The minimum Gasteiger partial charge on any atom is -0.396 e. The van der Waals surface area contributed by atoms with E-state index < -0.39 is 0 Å². The van der Waals surface area contributed by atoms with Crippen LogP contribution in [0.25, 0.3) is 0 Å². The lowest BCUT2D eigenvalue weighted by atomic mass is 9.66. The maximum atomic E-state index is 9.01. The summed E-state index contributed by atoms with van der Waals surface area (Å²) in [5, 5.41) is 9.01. The molecular weight excluding hydrogens is 136 g/mol. The predicted molar refractivity (Wildman–Crippen MR) is 47.4 cm³/mol. The SMILES string of the molecule is C[C@H]1CC[C@@H](CO)CC1(C)C. The molecule has 1 N–H and O–H groups in total. The molecule has 2 atom stereocenters. The monoisotopic (exact) mass is 156 g/mol. The van der Waals surface area contributed by atoms with Crippen molar-refractivity contribution in [2.45, 2.75) is 40.0 Å². The number of aliphatic hydroxyl groups excluding tert-OH is 1. The van der Waals surface area contributed by atoms with Crippen LogP contribution in [-0.2, 0) is 0 Å². The van der Waals surface area contributed by atoms with Crippen LogP contribution in [0.1, 0.15) is 40.0 Å². The summed E-state index contributed by atoms with van der Waals surface area (Å²) in [5.74, 6) is 1.39. The summed E-state index contributed by atoms with van der Waals surface area (Å²) in [6, 6.07) is 0. The van der Waals surface area contributed by atoms with Gasteiger partial charge in [-0.1, -0.05) is 20.8 Å². The van der Waals surface area contributed by atoms with Crippen molar-refractivity contribution in [1.82, 2.24) is 0 Å². The molecule has 0 radical (unpaired) electrons. The largest absolute Gasteiger partial charge is 0.396 e. The molecule has 1 rings (SSSR count). The molecule has 0 spiro atoms. The highest BCUT2D eigenvalue weighted by Crippen LogP contribution is 2.42. The maximum absolute atomic E-state index is 9.01. The van der Waals surface area contributed by atoms with Crippen LogP contribution < -0.4 is 0 Å². The summed E-state index contributed by atoms with van der Waals surface area (Å²) in [6.07, 6.45) is 3.71. The quantitative estimate of drug-likeness (QED) is 0.618. The summed E-state index contributed by atoms with van der Waals surface area (Å²) in [4.78, 5) is 0. The van der Waals surface area contributed by atoms with Crippen molar-refractivity contribution in [3.63, 3.8) is 0 Å². The molecule has 1 nitrogen and oxygen atoms in total. The van der Waals surface area contributed by atoms with Crippen molar-refractivity contribution in [1.29, 1.82) is 0 Å². The van der Waals surface area contributed by atoms with Gasteiger partial charge in [-0.15, -0.1) is 0 Å². The summed E-state index contributed by atoms with van der Waals surface area (Å²) in [5.41, 5.74) is 0.450. The van der Waals surface area contributed by atoms with Crippen LogP contribution in [0.4, 0.5) is 0 Å². The van der Waals surface area contributed by atoms with Crippen molar-refractivity contribution in [2.75, 3.05) is 6.61 Å². The number of aliphatic hydroxyl groups is 1. The first-order valence-electron chi connectivity index (χ1n) is 4.67. The van der Waals surface area contributed by atoms with Gasteiger partial charge in [0.1, 0.15) is 0 Å². The van der Waals surface area contributed by atoms with E-state index in [1.807, 2.05) is 0 Å². The van der Waals surface area contributed by atoms with Crippen molar-refractivity contribution in [3.8, 4) is 0 Å². The molecule has 0 amide bonds. The summed E-state index contributed by atoms with van der Waals surface area (Å²) < 4.78 is 0. The molecule has 11 heavy (non-hydrogen) atoms. The van der Waals surface area contributed by atoms with E-state index in [4.69, 9.17) is 5.11 Å². The molecule has 0 saturated heterocycles. The average Bonchev–Trinajstić information content (AvgIpc) is 1.95. The van der Waals surface area contributed by atoms with E-state index >= 15 is 0 Å². The lowest BCUT2D eigenvalue weighted by molar-refractivity contribution is 0.0724. The molecule has 0 heterocycles. The fraction of sp³-hybridized carbons (Fsp3) is 1.00. The van der Waals surface area contributed by atoms with E-state index in [2.05, 4.69) is 20.8 Å². The molecule has 1 aliphatic carbocycles. The van der Waals surface area contributed by atoms with Crippen LogP contribution in [-0.4, -0.2) is 11.7 Å². The summed E-state index contributed by atoms with van der Waals surface area (Å²) in [6.45, 7) is 7.35. The van der Waals surface area contributed by atoms with E-state index in [1.54, 1.807) is 0 Å². The Balaban J connectivity index is 2.52. The fourth-order valence-electron chi connectivity index (χ4n) is 2.08. The highest BCUT2D eigenvalue weighted by Gasteiger charge is 2.33. The van der Waals surface area contributed by atoms with Crippen molar-refractivity contribution in [3.05, 3.63) is 0 Å². The van der Waals surface area contributed by atoms with Crippen LogP contribution >= 0.6 is 0 Å². The Kier molecular flexibility index (Phi) is 2.58. The fourth-order valence-corrected chi connectivity index (χ4v) is 2.08. The maximum Gasteiger partial charge on any atom is 0.0459 e. The topological polar surface area (TPSA) is 20.2 Å². The minimum absolute atomic E-state index is 0.385. The molecular formula is C10H20O. The van der Waals surface area contributed by atoms with Crippen molar-refractivity contribution in [2.24, 2.45) is 17.3 Å². The number of rotatable bonds is 1. The third-order valence-corrected chi connectivity index (χ3v) is 3.41. The van der Waals surface area contributed by atoms with Gasteiger partial charge in [-0.2, -0.15) is 0 Å². The van der Waals surface area contributed by atoms with E-state index in [1.165, 1.54) is 19.3 Å². The lowest BCUT2D eigenvalue weighted by Crippen LogP contribution is -2.31. The summed E-state index contributed by atoms with van der Waals surface area (Å²) >= 11 is 0. The highest BCUT2D eigenvalue weighted by atomic mass is 16.3. The van der Waals surface area contributed by atoms with E-state index in [9.17, 15) is 0 Å². The van der Waals surface area contributed by atoms with Gasteiger partial charge in [0, 0.05) is 6.61 Å². The van der Waals surface area contributed by atoms with E-state index in [-0.39, 0.29) is 0 Å². The normalized spacial score (nSPS) is 37.1. The van der Waals surface area contributed by atoms with Crippen molar-refractivity contribution >= 4 is 0 Å². The standard InChI is InChI=1S/C10H20O/c1-8-4-5-9(7-11)6-10(8,2)3/h8-9,11H,4-7H2,1-3H3/t8-,9+/m0/s1. The Morgan fingerprint density at radius 3 is 2.45 bits per heavy atom. The third-order valence-electron chi connectivity index (χ3n) is 3.41. The molecule has 66 valence electrons. The van der Waals surface area contributed by atoms with E-state index in [0.29, 0.717) is 17.9 Å². The van der Waals surface area contributed by atoms with Gasteiger partial charge >= 0.3 is 0 Å². The molecule has 0 aromatic rings. The molecule has 0 aromatic heterocycles. The zero-order valence-corrected chi connectivity index (χ0v) is 7.93. The zero-order chi connectivity index (χ0) is 8.48. The molecule has 0 aromatic carbocycles. The van der Waals surface area contributed by atoms with Gasteiger partial charge in [0.05, 0.1) is 0 Å². The highest BCUT2D eigenvalue weighted by molar-refractivity contribution is 4.83. The molecule has 0 bridgehead atoms. The molecule has 1 saturated carbocycles. The smallest absolute Gasteiger partial charge is 0.0459 e. The predicted octanol–water partition coefficient (Wildman–Crippen LogP) is 2.44. The van der Waals surface area contributed by atoms with Crippen LogP contribution in [0.15, 0.2) is 0 Å². The Bertz CT molecular complexity index is 129. The number of hydrogen-bond donors (Lipinski definition) is 1. The second-order valence-corrected chi connectivity index (χ2v) is 4.72. The van der Waals surface area contributed by atoms with Crippen LogP contribution in [0.5, 0.6) is 0 Å². The summed E-state index contributed by atoms with van der Waals surface area (Å²) in [7, 11) is 0. The van der Waals surface area contributed by atoms with Gasteiger partial charge in [0.15, 0.2) is 0 Å². The van der Waals surface area contributed by atoms with Gasteiger partial charge in [-0.05, 0) is 36.5 Å². The minimum atomic E-state index is 0.385. The zero-order valence-electron chi connectivity index (χ0n) is 7.93. The lowest BCUT2D eigenvalue weighted by Gasteiger charge is -2.40. The van der Waals surface area contributed by atoms with E-state index in [0.717, 1.165) is 5.92 Å². The Labute approximate surface area is 69.8 Å². The van der Waals surface area contributed by atoms with Gasteiger partial charge in [-0.3, -0.25) is 0 Å². The van der Waals surface area contributed by atoms with Gasteiger partial charge in [-0.25, -0.2) is 0 Å². The average molecular weight is 156 g/mol. The molecule has 1 aliphatic rings. The van der Waals surface area contributed by atoms with Crippen LogP contribution in [0, 0.1) is 17.3 Å². The van der Waals surface area contributed by atoms with Crippen molar-refractivity contribution < 1.29 is 5.11 Å².